The summed E-state index contributed by atoms with van der Waals surface area (Å²) in [5, 5.41) is 9.12. The zero-order chi connectivity index (χ0) is 13.9. The average Bonchev–Trinajstić information content (AvgIpc) is 2.58. The first-order chi connectivity index (χ1) is 8.24. The van der Waals surface area contributed by atoms with Crippen molar-refractivity contribution in [3.63, 3.8) is 0 Å². The maximum Gasteiger partial charge on any atom is 0.326 e. The van der Waals surface area contributed by atoms with Gasteiger partial charge in [0.15, 0.2) is 7.37 Å². The van der Waals surface area contributed by atoms with Crippen LogP contribution >= 0.6 is 20.0 Å². The Bertz CT molecular complexity index is 382. The number of likely N-dealkylation sites (tertiary alicyclic amines) is 1. The standard InChI is InChI=1S/C10H18NO5PS/c1-17(15,16)3-2-8(10(13)14)11-5-7(6-18)4-9(11)12/h7-8,18H,2-6H2,1H3,(H,13,14)(H,15,16). The Kier molecular flexibility index (Phi) is 5.25. The highest BCUT2D eigenvalue weighted by Crippen LogP contribution is 2.37. The highest BCUT2D eigenvalue weighted by atomic mass is 32.1. The Hall–Kier alpha value is -0.520. The average molecular weight is 295 g/mol. The van der Waals surface area contributed by atoms with Crippen molar-refractivity contribution in [1.82, 2.24) is 4.90 Å². The largest absolute Gasteiger partial charge is 0.480 e. The zero-order valence-electron chi connectivity index (χ0n) is 10.2. The van der Waals surface area contributed by atoms with Gasteiger partial charge in [0.05, 0.1) is 0 Å². The molecule has 1 fully saturated rings. The fourth-order valence-corrected chi connectivity index (χ4v) is 2.97. The summed E-state index contributed by atoms with van der Waals surface area (Å²) in [5.74, 6) is -0.756. The number of carbonyl (C=O) groups is 2. The third kappa shape index (κ3) is 4.30. The lowest BCUT2D eigenvalue weighted by atomic mass is 10.1. The van der Waals surface area contributed by atoms with Gasteiger partial charge in [-0.15, -0.1) is 0 Å². The summed E-state index contributed by atoms with van der Waals surface area (Å²) in [6.45, 7) is 1.55. The summed E-state index contributed by atoms with van der Waals surface area (Å²) in [5.41, 5.74) is 0. The molecule has 0 aromatic carbocycles. The van der Waals surface area contributed by atoms with E-state index in [9.17, 15) is 19.0 Å². The number of carbonyl (C=O) groups excluding carboxylic acids is 1. The molecule has 8 heteroatoms. The normalized spacial score (nSPS) is 24.9. The van der Waals surface area contributed by atoms with Crippen LogP contribution in [0.2, 0.25) is 0 Å². The van der Waals surface area contributed by atoms with Crippen molar-refractivity contribution in [3.8, 4) is 0 Å². The van der Waals surface area contributed by atoms with E-state index in [1.54, 1.807) is 0 Å². The Labute approximate surface area is 111 Å². The molecule has 3 atom stereocenters. The molecule has 6 nitrogen and oxygen atoms in total. The van der Waals surface area contributed by atoms with Crippen molar-refractivity contribution in [3.05, 3.63) is 0 Å². The van der Waals surface area contributed by atoms with Gasteiger partial charge in [0, 0.05) is 25.8 Å². The van der Waals surface area contributed by atoms with Crippen LogP contribution in [0.1, 0.15) is 12.8 Å². The fraction of sp³-hybridized carbons (Fsp3) is 0.800. The summed E-state index contributed by atoms with van der Waals surface area (Å²) in [6, 6.07) is -1.01. The van der Waals surface area contributed by atoms with E-state index in [0.717, 1.165) is 0 Å². The van der Waals surface area contributed by atoms with Crippen LogP contribution in [0.4, 0.5) is 0 Å². The molecule has 3 unspecified atom stereocenters. The maximum absolute atomic E-state index is 11.7. The second kappa shape index (κ2) is 6.08. The van der Waals surface area contributed by atoms with Gasteiger partial charge in [-0.2, -0.15) is 12.6 Å². The first kappa shape index (κ1) is 15.5. The highest BCUT2D eigenvalue weighted by molar-refractivity contribution is 7.80. The van der Waals surface area contributed by atoms with E-state index in [-0.39, 0.29) is 24.4 Å². The number of amides is 1. The SMILES string of the molecule is CP(=O)(O)CCC(C(=O)O)N1CC(CS)CC1=O. The van der Waals surface area contributed by atoms with Crippen molar-refractivity contribution in [1.29, 1.82) is 0 Å². The van der Waals surface area contributed by atoms with Gasteiger partial charge in [-0.1, -0.05) is 0 Å². The van der Waals surface area contributed by atoms with Gasteiger partial charge in [0.1, 0.15) is 6.04 Å². The van der Waals surface area contributed by atoms with Crippen molar-refractivity contribution in [2.75, 3.05) is 25.1 Å². The van der Waals surface area contributed by atoms with Crippen LogP contribution in [0.3, 0.4) is 0 Å². The number of hydrogen-bond donors (Lipinski definition) is 3. The quantitative estimate of drug-likeness (QED) is 0.490. The summed E-state index contributed by atoms with van der Waals surface area (Å²) >= 11 is 4.10. The van der Waals surface area contributed by atoms with Crippen LogP contribution in [-0.2, 0) is 14.2 Å². The van der Waals surface area contributed by atoms with Gasteiger partial charge in [-0.05, 0) is 18.1 Å². The third-order valence-electron chi connectivity index (χ3n) is 2.98. The van der Waals surface area contributed by atoms with Crippen molar-refractivity contribution >= 4 is 31.9 Å². The van der Waals surface area contributed by atoms with Gasteiger partial charge in [0.2, 0.25) is 5.91 Å². The fourth-order valence-electron chi connectivity index (χ4n) is 2.01. The number of thiol groups is 1. The smallest absolute Gasteiger partial charge is 0.326 e. The zero-order valence-corrected chi connectivity index (χ0v) is 11.9. The molecule has 1 amide bonds. The molecule has 18 heavy (non-hydrogen) atoms. The summed E-state index contributed by atoms with van der Waals surface area (Å²) in [7, 11) is -3.26. The molecule has 1 aliphatic heterocycles. The first-order valence-electron chi connectivity index (χ1n) is 5.67. The second-order valence-corrected chi connectivity index (χ2v) is 7.63. The molecule has 0 spiro atoms. The monoisotopic (exact) mass is 295 g/mol. The van der Waals surface area contributed by atoms with Crippen molar-refractivity contribution in [2.45, 2.75) is 18.9 Å². The minimum Gasteiger partial charge on any atom is -0.480 e. The van der Waals surface area contributed by atoms with Crippen LogP contribution < -0.4 is 0 Å². The lowest BCUT2D eigenvalue weighted by molar-refractivity contribution is -0.148. The van der Waals surface area contributed by atoms with Gasteiger partial charge in [0.25, 0.3) is 0 Å². The lowest BCUT2D eigenvalue weighted by Crippen LogP contribution is -2.42. The predicted octanol–water partition coefficient (Wildman–Crippen LogP) is 0.508. The molecular formula is C10H18NO5PS. The molecule has 2 N–H and O–H groups in total. The number of carboxylic acid groups (broad SMARTS) is 1. The van der Waals surface area contributed by atoms with Crippen molar-refractivity contribution in [2.24, 2.45) is 5.92 Å². The van der Waals surface area contributed by atoms with E-state index in [1.165, 1.54) is 11.6 Å². The summed E-state index contributed by atoms with van der Waals surface area (Å²) in [6.07, 6.45) is 0.208. The molecule has 0 aromatic heterocycles. The Balaban J connectivity index is 2.71. The van der Waals surface area contributed by atoms with E-state index in [4.69, 9.17) is 5.11 Å². The van der Waals surface area contributed by atoms with Gasteiger partial charge in [-0.3, -0.25) is 9.36 Å². The Morgan fingerprint density at radius 1 is 1.67 bits per heavy atom. The van der Waals surface area contributed by atoms with E-state index in [2.05, 4.69) is 12.6 Å². The van der Waals surface area contributed by atoms with E-state index in [1.807, 2.05) is 0 Å². The minimum absolute atomic E-state index is 0.00461. The van der Waals surface area contributed by atoms with E-state index < -0.39 is 19.4 Å². The van der Waals surface area contributed by atoms with Gasteiger partial charge >= 0.3 is 5.97 Å². The first-order valence-corrected chi connectivity index (χ1v) is 8.59. The molecule has 1 heterocycles. The summed E-state index contributed by atoms with van der Waals surface area (Å²) in [4.78, 5) is 33.4. The highest BCUT2D eigenvalue weighted by Gasteiger charge is 2.37. The number of carboxylic acids is 1. The van der Waals surface area contributed by atoms with Crippen LogP contribution in [-0.4, -0.2) is 57.9 Å². The molecular weight excluding hydrogens is 277 g/mol. The number of nitrogens with zero attached hydrogens (tertiary/aromatic N) is 1. The maximum atomic E-state index is 11.7. The van der Waals surface area contributed by atoms with E-state index >= 15 is 0 Å². The predicted molar refractivity (Wildman–Crippen MR) is 70.3 cm³/mol. The van der Waals surface area contributed by atoms with Crippen LogP contribution in [0.25, 0.3) is 0 Å². The lowest BCUT2D eigenvalue weighted by Gasteiger charge is -2.25. The molecule has 104 valence electrons. The summed E-state index contributed by atoms with van der Waals surface area (Å²) < 4.78 is 11.2. The molecule has 0 bridgehead atoms. The molecule has 0 radical (unpaired) electrons. The molecule has 1 rings (SSSR count). The van der Waals surface area contributed by atoms with E-state index in [0.29, 0.717) is 18.7 Å². The second-order valence-electron chi connectivity index (χ2n) is 4.72. The van der Waals surface area contributed by atoms with Gasteiger partial charge < -0.3 is 14.9 Å². The number of hydrogen-bond acceptors (Lipinski definition) is 4. The third-order valence-corrected chi connectivity index (χ3v) is 4.58. The van der Waals surface area contributed by atoms with Crippen LogP contribution in [0, 0.1) is 5.92 Å². The minimum atomic E-state index is -3.26. The number of rotatable bonds is 6. The van der Waals surface area contributed by atoms with Gasteiger partial charge in [-0.25, -0.2) is 4.79 Å². The molecule has 1 aliphatic rings. The Morgan fingerprint density at radius 2 is 2.28 bits per heavy atom. The Morgan fingerprint density at radius 3 is 2.67 bits per heavy atom. The molecule has 1 saturated heterocycles. The molecule has 0 aromatic rings. The van der Waals surface area contributed by atoms with Crippen molar-refractivity contribution < 1.29 is 24.2 Å². The van der Waals surface area contributed by atoms with Crippen LogP contribution in [0.5, 0.6) is 0 Å². The molecule has 0 aliphatic carbocycles. The molecule has 0 saturated carbocycles. The van der Waals surface area contributed by atoms with Crippen LogP contribution in [0.15, 0.2) is 0 Å². The topological polar surface area (TPSA) is 94.9 Å². The number of aliphatic carboxylic acids is 1.